The molecule has 2 heteroatoms. The first kappa shape index (κ1) is 14.4. The zero-order valence-corrected chi connectivity index (χ0v) is 12.6. The van der Waals surface area contributed by atoms with Gasteiger partial charge in [0.05, 0.1) is 6.61 Å². The Kier molecular flexibility index (Phi) is 5.26. The van der Waals surface area contributed by atoms with Crippen molar-refractivity contribution < 1.29 is 4.74 Å². The molecule has 1 aromatic carbocycles. The molecule has 0 bridgehead atoms. The van der Waals surface area contributed by atoms with E-state index in [0.717, 1.165) is 18.3 Å². The van der Waals surface area contributed by atoms with Crippen molar-refractivity contribution in [1.29, 1.82) is 0 Å². The van der Waals surface area contributed by atoms with E-state index in [2.05, 4.69) is 50.1 Å². The van der Waals surface area contributed by atoms with Crippen LogP contribution >= 0.6 is 0 Å². The number of hydrogen-bond donors (Lipinski definition) is 0. The lowest BCUT2D eigenvalue weighted by Gasteiger charge is -2.28. The summed E-state index contributed by atoms with van der Waals surface area (Å²) in [5.41, 5.74) is 1.41. The van der Waals surface area contributed by atoms with Crippen LogP contribution in [0.5, 0.6) is 5.75 Å². The van der Waals surface area contributed by atoms with Crippen molar-refractivity contribution >= 4 is 0 Å². The highest BCUT2D eigenvalue weighted by molar-refractivity contribution is 5.29. The molecule has 0 aromatic heterocycles. The summed E-state index contributed by atoms with van der Waals surface area (Å²) in [5.74, 6) is 2.39. The van der Waals surface area contributed by atoms with Crippen LogP contribution in [0.4, 0.5) is 0 Å². The topological polar surface area (TPSA) is 12.5 Å². The molecule has 1 fully saturated rings. The predicted molar refractivity (Wildman–Crippen MR) is 80.9 cm³/mol. The molecule has 1 heterocycles. The molecule has 0 saturated carbocycles. The van der Waals surface area contributed by atoms with Crippen LogP contribution in [0.25, 0.3) is 0 Å². The van der Waals surface area contributed by atoms with Crippen molar-refractivity contribution in [2.24, 2.45) is 5.92 Å². The Labute approximate surface area is 117 Å². The summed E-state index contributed by atoms with van der Waals surface area (Å²) in [7, 11) is 2.20. The Hall–Kier alpha value is -1.02. The highest BCUT2D eigenvalue weighted by Crippen LogP contribution is 2.23. The summed E-state index contributed by atoms with van der Waals surface area (Å²) < 4.78 is 5.93. The van der Waals surface area contributed by atoms with Gasteiger partial charge in [-0.15, -0.1) is 0 Å². The van der Waals surface area contributed by atoms with Crippen molar-refractivity contribution in [3.63, 3.8) is 0 Å². The fourth-order valence-electron chi connectivity index (χ4n) is 2.57. The van der Waals surface area contributed by atoms with E-state index in [-0.39, 0.29) is 0 Å². The van der Waals surface area contributed by atoms with Gasteiger partial charge in [-0.3, -0.25) is 0 Å². The molecule has 1 aliphatic rings. The van der Waals surface area contributed by atoms with E-state index < -0.39 is 0 Å². The minimum Gasteiger partial charge on any atom is -0.493 e. The summed E-state index contributed by atoms with van der Waals surface area (Å²) >= 11 is 0. The highest BCUT2D eigenvalue weighted by atomic mass is 16.5. The monoisotopic (exact) mass is 261 g/mol. The molecule has 0 amide bonds. The van der Waals surface area contributed by atoms with Gasteiger partial charge in [0, 0.05) is 0 Å². The SMILES string of the molecule is CCC(C)c1ccc(OCC2CCN(C)CC2)cc1. The van der Waals surface area contributed by atoms with Gasteiger partial charge in [0.1, 0.15) is 5.75 Å². The minimum absolute atomic E-state index is 0.642. The molecule has 1 saturated heterocycles. The van der Waals surface area contributed by atoms with Gasteiger partial charge in [-0.25, -0.2) is 0 Å². The van der Waals surface area contributed by atoms with Crippen LogP contribution < -0.4 is 4.74 Å². The molecule has 0 radical (unpaired) electrons. The van der Waals surface area contributed by atoms with E-state index in [0.29, 0.717) is 5.92 Å². The van der Waals surface area contributed by atoms with Crippen LogP contribution in [0.1, 0.15) is 44.6 Å². The van der Waals surface area contributed by atoms with E-state index in [4.69, 9.17) is 4.74 Å². The standard InChI is InChI=1S/C17H27NO/c1-4-14(2)16-5-7-17(8-6-16)19-13-15-9-11-18(3)12-10-15/h5-8,14-15H,4,9-13H2,1-3H3. The fraction of sp³-hybridized carbons (Fsp3) is 0.647. The Morgan fingerprint density at radius 1 is 1.21 bits per heavy atom. The first-order valence-electron chi connectivity index (χ1n) is 7.60. The number of nitrogens with zero attached hydrogens (tertiary/aromatic N) is 1. The number of hydrogen-bond acceptors (Lipinski definition) is 2. The molecule has 1 aromatic rings. The number of piperidine rings is 1. The molecule has 0 spiro atoms. The molecule has 1 aliphatic heterocycles. The summed E-state index contributed by atoms with van der Waals surface area (Å²) in [5, 5.41) is 0. The lowest BCUT2D eigenvalue weighted by Crippen LogP contribution is -2.32. The normalized spacial score (nSPS) is 19.3. The van der Waals surface area contributed by atoms with Crippen LogP contribution in [-0.2, 0) is 0 Å². The largest absolute Gasteiger partial charge is 0.493 e. The van der Waals surface area contributed by atoms with Crippen LogP contribution in [-0.4, -0.2) is 31.6 Å². The predicted octanol–water partition coefficient (Wildman–Crippen LogP) is 3.92. The zero-order valence-electron chi connectivity index (χ0n) is 12.6. The van der Waals surface area contributed by atoms with Crippen molar-refractivity contribution in [2.45, 2.75) is 39.0 Å². The maximum atomic E-state index is 5.93. The lowest BCUT2D eigenvalue weighted by atomic mass is 9.98. The fourth-order valence-corrected chi connectivity index (χ4v) is 2.57. The van der Waals surface area contributed by atoms with Gasteiger partial charge in [-0.1, -0.05) is 26.0 Å². The Balaban J connectivity index is 1.80. The molecule has 0 N–H and O–H groups in total. The van der Waals surface area contributed by atoms with Crippen molar-refractivity contribution in [2.75, 3.05) is 26.7 Å². The molecule has 2 nitrogen and oxygen atoms in total. The van der Waals surface area contributed by atoms with Crippen molar-refractivity contribution in [1.82, 2.24) is 4.90 Å². The smallest absolute Gasteiger partial charge is 0.119 e. The van der Waals surface area contributed by atoms with Crippen molar-refractivity contribution in [3.8, 4) is 5.75 Å². The van der Waals surface area contributed by atoms with Gasteiger partial charge in [-0.2, -0.15) is 0 Å². The van der Waals surface area contributed by atoms with Crippen LogP contribution in [0, 0.1) is 5.92 Å². The molecular weight excluding hydrogens is 234 g/mol. The second-order valence-corrected chi connectivity index (χ2v) is 5.94. The van der Waals surface area contributed by atoms with Gasteiger partial charge in [-0.05, 0) is 68.9 Å². The Morgan fingerprint density at radius 2 is 1.84 bits per heavy atom. The maximum Gasteiger partial charge on any atom is 0.119 e. The molecule has 0 aliphatic carbocycles. The maximum absolute atomic E-state index is 5.93. The van der Waals surface area contributed by atoms with Gasteiger partial charge in [0.25, 0.3) is 0 Å². The number of rotatable bonds is 5. The average molecular weight is 261 g/mol. The zero-order chi connectivity index (χ0) is 13.7. The second kappa shape index (κ2) is 6.95. The summed E-state index contributed by atoms with van der Waals surface area (Å²) in [6.07, 6.45) is 3.72. The minimum atomic E-state index is 0.642. The van der Waals surface area contributed by atoms with E-state index in [9.17, 15) is 0 Å². The average Bonchev–Trinajstić information content (AvgIpc) is 2.46. The Morgan fingerprint density at radius 3 is 2.42 bits per heavy atom. The van der Waals surface area contributed by atoms with Gasteiger partial charge < -0.3 is 9.64 Å². The molecule has 19 heavy (non-hydrogen) atoms. The van der Waals surface area contributed by atoms with E-state index in [1.807, 2.05) is 0 Å². The number of benzene rings is 1. The second-order valence-electron chi connectivity index (χ2n) is 5.94. The van der Waals surface area contributed by atoms with Gasteiger partial charge >= 0.3 is 0 Å². The van der Waals surface area contributed by atoms with E-state index in [1.165, 1.54) is 37.9 Å². The van der Waals surface area contributed by atoms with Gasteiger partial charge in [0.15, 0.2) is 0 Å². The molecule has 2 rings (SSSR count). The molecule has 106 valence electrons. The first-order chi connectivity index (χ1) is 9.19. The summed E-state index contributed by atoms with van der Waals surface area (Å²) in [6, 6.07) is 8.66. The third-order valence-electron chi connectivity index (χ3n) is 4.39. The van der Waals surface area contributed by atoms with Crippen LogP contribution in [0.2, 0.25) is 0 Å². The quantitative estimate of drug-likeness (QED) is 0.796. The molecular formula is C17H27NO. The van der Waals surface area contributed by atoms with Crippen LogP contribution in [0.3, 0.4) is 0 Å². The highest BCUT2D eigenvalue weighted by Gasteiger charge is 2.17. The van der Waals surface area contributed by atoms with E-state index in [1.54, 1.807) is 0 Å². The third kappa shape index (κ3) is 4.24. The number of likely N-dealkylation sites (tertiary alicyclic amines) is 1. The molecule has 1 unspecified atom stereocenters. The molecule has 1 atom stereocenters. The summed E-state index contributed by atoms with van der Waals surface area (Å²) in [4.78, 5) is 2.40. The van der Waals surface area contributed by atoms with Crippen LogP contribution in [0.15, 0.2) is 24.3 Å². The third-order valence-corrected chi connectivity index (χ3v) is 4.39. The van der Waals surface area contributed by atoms with Crippen molar-refractivity contribution in [3.05, 3.63) is 29.8 Å². The lowest BCUT2D eigenvalue weighted by molar-refractivity contribution is 0.160. The van der Waals surface area contributed by atoms with E-state index >= 15 is 0 Å². The number of ether oxygens (including phenoxy) is 1. The Bertz CT molecular complexity index is 365. The van der Waals surface area contributed by atoms with Gasteiger partial charge in [0.2, 0.25) is 0 Å². The summed E-state index contributed by atoms with van der Waals surface area (Å²) in [6.45, 7) is 7.79. The first-order valence-corrected chi connectivity index (χ1v) is 7.60.